The number of hydrogen-bond donors (Lipinski definition) is 3. The van der Waals surface area contributed by atoms with Crippen LogP contribution in [0.15, 0.2) is 0 Å². The van der Waals surface area contributed by atoms with Crippen LogP contribution >= 0.6 is 0 Å². The molecule has 1 heterocycles. The summed E-state index contributed by atoms with van der Waals surface area (Å²) in [7, 11) is 0. The van der Waals surface area contributed by atoms with Crippen LogP contribution in [0.4, 0.5) is 4.79 Å². The van der Waals surface area contributed by atoms with Crippen LogP contribution in [-0.4, -0.2) is 54.1 Å². The summed E-state index contributed by atoms with van der Waals surface area (Å²) in [5, 5.41) is 15.1. The van der Waals surface area contributed by atoms with Crippen molar-refractivity contribution in [2.45, 2.75) is 40.0 Å². The SMILES string of the molecule is CCNC(=O)C(C)(C)CNC(=O)N1C[C@@H]2CCC[C@@]2(C(=O)O)C1. The van der Waals surface area contributed by atoms with Gasteiger partial charge in [0.1, 0.15) is 0 Å². The number of fused-ring (bicyclic) bond motifs is 1. The molecule has 3 N–H and O–H groups in total. The highest BCUT2D eigenvalue weighted by Crippen LogP contribution is 2.48. The highest BCUT2D eigenvalue weighted by Gasteiger charge is 2.55. The predicted molar refractivity (Wildman–Crippen MR) is 84.8 cm³/mol. The number of carboxylic acids is 1. The number of carboxylic acid groups (broad SMARTS) is 1. The van der Waals surface area contributed by atoms with E-state index in [-0.39, 0.29) is 30.9 Å². The fraction of sp³-hybridized carbons (Fsp3) is 0.812. The van der Waals surface area contributed by atoms with E-state index in [2.05, 4.69) is 10.6 Å². The number of urea groups is 1. The monoisotopic (exact) mass is 325 g/mol. The van der Waals surface area contributed by atoms with E-state index in [1.54, 1.807) is 18.7 Å². The van der Waals surface area contributed by atoms with Crippen molar-refractivity contribution in [1.29, 1.82) is 0 Å². The van der Waals surface area contributed by atoms with Gasteiger partial charge in [0.05, 0.1) is 10.8 Å². The molecule has 1 saturated heterocycles. The molecule has 1 aliphatic heterocycles. The van der Waals surface area contributed by atoms with Crippen LogP contribution in [0.1, 0.15) is 40.0 Å². The van der Waals surface area contributed by atoms with Gasteiger partial charge in [-0.25, -0.2) is 4.79 Å². The van der Waals surface area contributed by atoms with Crippen LogP contribution in [0.5, 0.6) is 0 Å². The van der Waals surface area contributed by atoms with Crippen molar-refractivity contribution in [3.63, 3.8) is 0 Å². The Morgan fingerprint density at radius 1 is 1.30 bits per heavy atom. The first-order valence-electron chi connectivity index (χ1n) is 8.27. The molecule has 0 radical (unpaired) electrons. The van der Waals surface area contributed by atoms with Gasteiger partial charge in [-0.3, -0.25) is 9.59 Å². The molecule has 2 aliphatic rings. The summed E-state index contributed by atoms with van der Waals surface area (Å²) >= 11 is 0. The Morgan fingerprint density at radius 3 is 2.57 bits per heavy atom. The summed E-state index contributed by atoms with van der Waals surface area (Å²) < 4.78 is 0. The van der Waals surface area contributed by atoms with Gasteiger partial charge in [0.15, 0.2) is 0 Å². The first-order valence-corrected chi connectivity index (χ1v) is 8.27. The van der Waals surface area contributed by atoms with E-state index >= 15 is 0 Å². The topological polar surface area (TPSA) is 98.7 Å². The number of carbonyl (C=O) groups excluding carboxylic acids is 2. The van der Waals surface area contributed by atoms with Gasteiger partial charge in [0.25, 0.3) is 0 Å². The lowest BCUT2D eigenvalue weighted by molar-refractivity contribution is -0.149. The van der Waals surface area contributed by atoms with Gasteiger partial charge < -0.3 is 20.6 Å². The first kappa shape index (κ1) is 17.6. The zero-order valence-corrected chi connectivity index (χ0v) is 14.1. The molecule has 3 amide bonds. The van der Waals surface area contributed by atoms with Crippen molar-refractivity contribution >= 4 is 17.9 Å². The average Bonchev–Trinajstić information content (AvgIpc) is 3.03. The largest absolute Gasteiger partial charge is 0.481 e. The fourth-order valence-corrected chi connectivity index (χ4v) is 3.68. The molecule has 0 aromatic carbocycles. The number of amides is 3. The van der Waals surface area contributed by atoms with Gasteiger partial charge in [-0.15, -0.1) is 0 Å². The molecule has 23 heavy (non-hydrogen) atoms. The summed E-state index contributed by atoms with van der Waals surface area (Å²) in [6.45, 7) is 6.91. The Balaban J connectivity index is 1.93. The number of nitrogens with one attached hydrogen (secondary N) is 2. The lowest BCUT2D eigenvalue weighted by Gasteiger charge is -2.26. The third-order valence-corrected chi connectivity index (χ3v) is 5.22. The molecule has 0 unspecified atom stereocenters. The quantitative estimate of drug-likeness (QED) is 0.703. The lowest BCUT2D eigenvalue weighted by atomic mass is 9.81. The van der Waals surface area contributed by atoms with Gasteiger partial charge in [-0.05, 0) is 39.5 Å². The molecule has 2 atom stereocenters. The van der Waals surface area contributed by atoms with Gasteiger partial charge in [0.2, 0.25) is 5.91 Å². The maximum Gasteiger partial charge on any atom is 0.317 e. The van der Waals surface area contributed by atoms with Crippen LogP contribution < -0.4 is 10.6 Å². The lowest BCUT2D eigenvalue weighted by Crippen LogP contribution is -2.48. The van der Waals surface area contributed by atoms with Gasteiger partial charge >= 0.3 is 12.0 Å². The van der Waals surface area contributed by atoms with E-state index in [1.165, 1.54) is 0 Å². The number of likely N-dealkylation sites (tertiary alicyclic amines) is 1. The molecule has 130 valence electrons. The minimum Gasteiger partial charge on any atom is -0.481 e. The number of hydrogen-bond acceptors (Lipinski definition) is 3. The second-order valence-corrected chi connectivity index (χ2v) is 7.33. The molecule has 0 aromatic heterocycles. The van der Waals surface area contributed by atoms with Crippen LogP contribution in [0.25, 0.3) is 0 Å². The minimum absolute atomic E-state index is 0.0437. The van der Waals surface area contributed by atoms with Gasteiger partial charge in [-0.1, -0.05) is 6.42 Å². The van der Waals surface area contributed by atoms with Gasteiger partial charge in [-0.2, -0.15) is 0 Å². The molecule has 0 bridgehead atoms. The van der Waals surface area contributed by atoms with E-state index < -0.39 is 16.8 Å². The number of carbonyl (C=O) groups is 3. The standard InChI is InChI=1S/C16H27N3O4/c1-4-17-12(20)15(2,3)9-18-14(23)19-8-11-6-5-7-16(11,10-19)13(21)22/h11H,4-10H2,1-3H3,(H,17,20)(H,18,23)(H,21,22)/t11-,16+/m0/s1. The molecule has 2 fully saturated rings. The van der Waals surface area contributed by atoms with Crippen molar-refractivity contribution in [2.24, 2.45) is 16.7 Å². The molecular weight excluding hydrogens is 298 g/mol. The molecule has 7 nitrogen and oxygen atoms in total. The van der Waals surface area contributed by atoms with Crippen molar-refractivity contribution in [1.82, 2.24) is 15.5 Å². The van der Waals surface area contributed by atoms with Gasteiger partial charge in [0, 0.05) is 26.2 Å². The third kappa shape index (κ3) is 3.28. The van der Waals surface area contributed by atoms with Crippen LogP contribution in [0.2, 0.25) is 0 Å². The maximum absolute atomic E-state index is 12.4. The van der Waals surface area contributed by atoms with E-state index in [1.807, 2.05) is 6.92 Å². The zero-order valence-electron chi connectivity index (χ0n) is 14.1. The first-order chi connectivity index (χ1) is 10.7. The highest BCUT2D eigenvalue weighted by molar-refractivity contribution is 5.84. The van der Waals surface area contributed by atoms with Crippen LogP contribution in [0, 0.1) is 16.7 Å². The van der Waals surface area contributed by atoms with Crippen molar-refractivity contribution in [3.8, 4) is 0 Å². The second-order valence-electron chi connectivity index (χ2n) is 7.33. The molecule has 7 heteroatoms. The third-order valence-electron chi connectivity index (χ3n) is 5.22. The number of aliphatic carboxylic acids is 1. The summed E-state index contributed by atoms with van der Waals surface area (Å²) in [6, 6.07) is -0.280. The van der Waals surface area contributed by atoms with Crippen LogP contribution in [-0.2, 0) is 9.59 Å². The molecular formula is C16H27N3O4. The molecule has 2 rings (SSSR count). The van der Waals surface area contributed by atoms with E-state index in [0.29, 0.717) is 19.5 Å². The summed E-state index contributed by atoms with van der Waals surface area (Å²) in [5.41, 5.74) is -1.47. The Bertz CT molecular complexity index is 506. The van der Waals surface area contributed by atoms with E-state index in [4.69, 9.17) is 0 Å². The zero-order chi connectivity index (χ0) is 17.3. The smallest absolute Gasteiger partial charge is 0.317 e. The number of rotatable bonds is 5. The molecule has 1 saturated carbocycles. The Labute approximate surface area is 136 Å². The second kappa shape index (κ2) is 6.37. The molecule has 0 spiro atoms. The maximum atomic E-state index is 12.4. The van der Waals surface area contributed by atoms with Crippen molar-refractivity contribution in [2.75, 3.05) is 26.2 Å². The average molecular weight is 325 g/mol. The van der Waals surface area contributed by atoms with E-state index in [0.717, 1.165) is 12.8 Å². The Kier molecular flexibility index (Phi) is 4.87. The van der Waals surface area contributed by atoms with Crippen molar-refractivity contribution < 1.29 is 19.5 Å². The van der Waals surface area contributed by atoms with Crippen LogP contribution in [0.3, 0.4) is 0 Å². The van der Waals surface area contributed by atoms with Crippen molar-refractivity contribution in [3.05, 3.63) is 0 Å². The van der Waals surface area contributed by atoms with E-state index in [9.17, 15) is 19.5 Å². The fourth-order valence-electron chi connectivity index (χ4n) is 3.68. The summed E-state index contributed by atoms with van der Waals surface area (Å²) in [5.74, 6) is -0.860. The molecule has 1 aliphatic carbocycles. The summed E-state index contributed by atoms with van der Waals surface area (Å²) in [4.78, 5) is 37.5. The Morgan fingerprint density at radius 2 is 2.00 bits per heavy atom. The summed E-state index contributed by atoms with van der Waals surface area (Å²) in [6.07, 6.45) is 2.41. The normalized spacial score (nSPS) is 26.7. The minimum atomic E-state index is -0.794. The number of nitrogens with zero attached hydrogens (tertiary/aromatic N) is 1. The molecule has 0 aromatic rings. The highest BCUT2D eigenvalue weighted by atomic mass is 16.4. The predicted octanol–water partition coefficient (Wildman–Crippen LogP) is 1.05. The Hall–Kier alpha value is -1.79.